The zero-order chi connectivity index (χ0) is 13.4. The van der Waals surface area contributed by atoms with Crippen LogP contribution in [0.15, 0.2) is 36.4 Å². The Hall–Kier alpha value is -2.33. The number of carbonyl (C=O) groups is 1. The minimum absolute atomic E-state index is 0.375. The highest BCUT2D eigenvalue weighted by Crippen LogP contribution is 2.34. The van der Waals surface area contributed by atoms with Crippen LogP contribution in [0.1, 0.15) is 15.9 Å². The Morgan fingerprint density at radius 3 is 2.95 bits per heavy atom. The van der Waals surface area contributed by atoms with Gasteiger partial charge in [-0.15, -0.1) is 0 Å². The Balaban J connectivity index is 2.18. The van der Waals surface area contributed by atoms with Gasteiger partial charge in [0.25, 0.3) is 0 Å². The number of esters is 1. The summed E-state index contributed by atoms with van der Waals surface area (Å²) in [4.78, 5) is 11.5. The number of ether oxygens (including phenoxy) is 2. The molecule has 0 radical (unpaired) electrons. The van der Waals surface area contributed by atoms with Gasteiger partial charge in [-0.3, -0.25) is 0 Å². The first kappa shape index (κ1) is 11.7. The normalized spacial score (nSPS) is 16.8. The fourth-order valence-electron chi connectivity index (χ4n) is 2.17. The molecule has 0 saturated carbocycles. The molecule has 4 nitrogen and oxygen atoms in total. The van der Waals surface area contributed by atoms with E-state index in [1.54, 1.807) is 24.3 Å². The van der Waals surface area contributed by atoms with Crippen LogP contribution in [0, 0.1) is 0 Å². The molecule has 3 rings (SSSR count). The standard InChI is InChI=1S/C15H12O4/c1-18-15(17)11-4-6-12-10(8-11)3-2-9-5-7-13(16)19-14(9)12/h2-8,13,16H,1H3. The largest absolute Gasteiger partial charge is 0.465 e. The van der Waals surface area contributed by atoms with E-state index in [1.165, 1.54) is 7.11 Å². The molecule has 2 aromatic carbocycles. The SMILES string of the molecule is COC(=O)c1ccc2c3c(ccc2c1)C=CC(O)O3. The van der Waals surface area contributed by atoms with E-state index in [2.05, 4.69) is 0 Å². The van der Waals surface area contributed by atoms with Crippen molar-refractivity contribution >= 4 is 22.8 Å². The number of aliphatic hydroxyl groups is 1. The molecule has 2 aromatic rings. The number of benzene rings is 2. The van der Waals surface area contributed by atoms with E-state index < -0.39 is 6.29 Å². The van der Waals surface area contributed by atoms with Crippen LogP contribution in [0.4, 0.5) is 0 Å². The molecule has 1 heterocycles. The predicted molar refractivity (Wildman–Crippen MR) is 71.0 cm³/mol. The third-order valence-electron chi connectivity index (χ3n) is 3.10. The molecule has 1 unspecified atom stereocenters. The summed E-state index contributed by atoms with van der Waals surface area (Å²) < 4.78 is 10.1. The van der Waals surface area contributed by atoms with E-state index in [4.69, 9.17) is 9.47 Å². The van der Waals surface area contributed by atoms with E-state index in [1.807, 2.05) is 18.2 Å². The zero-order valence-corrected chi connectivity index (χ0v) is 10.3. The summed E-state index contributed by atoms with van der Waals surface area (Å²) in [6, 6.07) is 9.03. The summed E-state index contributed by atoms with van der Waals surface area (Å²) in [7, 11) is 1.35. The monoisotopic (exact) mass is 256 g/mol. The van der Waals surface area contributed by atoms with Crippen molar-refractivity contribution in [3.05, 3.63) is 47.5 Å². The number of aliphatic hydroxyl groups excluding tert-OH is 1. The summed E-state index contributed by atoms with van der Waals surface area (Å²) >= 11 is 0. The third kappa shape index (κ3) is 1.96. The van der Waals surface area contributed by atoms with Crippen molar-refractivity contribution in [2.75, 3.05) is 7.11 Å². The van der Waals surface area contributed by atoms with Gasteiger partial charge in [0.1, 0.15) is 5.75 Å². The van der Waals surface area contributed by atoms with Crippen LogP contribution in [0.5, 0.6) is 5.75 Å². The summed E-state index contributed by atoms with van der Waals surface area (Å²) in [5.41, 5.74) is 1.39. The number of carbonyl (C=O) groups excluding carboxylic acids is 1. The van der Waals surface area contributed by atoms with Gasteiger partial charge in [0.15, 0.2) is 0 Å². The van der Waals surface area contributed by atoms with Crippen molar-refractivity contribution in [1.82, 2.24) is 0 Å². The third-order valence-corrected chi connectivity index (χ3v) is 3.10. The lowest BCUT2D eigenvalue weighted by Gasteiger charge is -2.19. The van der Waals surface area contributed by atoms with Gasteiger partial charge in [-0.1, -0.05) is 12.1 Å². The fraction of sp³-hybridized carbons (Fsp3) is 0.133. The van der Waals surface area contributed by atoms with Crippen LogP contribution < -0.4 is 4.74 Å². The van der Waals surface area contributed by atoms with Crippen LogP contribution in [-0.4, -0.2) is 24.5 Å². The minimum atomic E-state index is -0.932. The van der Waals surface area contributed by atoms with E-state index in [9.17, 15) is 9.90 Å². The maximum atomic E-state index is 11.5. The summed E-state index contributed by atoms with van der Waals surface area (Å²) in [6.07, 6.45) is 2.46. The van der Waals surface area contributed by atoms with Gasteiger partial charge in [0.2, 0.25) is 6.29 Å². The molecule has 1 aliphatic rings. The van der Waals surface area contributed by atoms with Crippen molar-refractivity contribution in [1.29, 1.82) is 0 Å². The highest BCUT2D eigenvalue weighted by Gasteiger charge is 2.16. The Labute approximate surface area is 109 Å². The predicted octanol–water partition coefficient (Wildman–Crippen LogP) is 2.35. The van der Waals surface area contributed by atoms with Crippen LogP contribution >= 0.6 is 0 Å². The average molecular weight is 256 g/mol. The van der Waals surface area contributed by atoms with Gasteiger partial charge >= 0.3 is 5.97 Å². The van der Waals surface area contributed by atoms with E-state index in [-0.39, 0.29) is 5.97 Å². The van der Waals surface area contributed by atoms with Gasteiger partial charge in [-0.05, 0) is 35.7 Å². The van der Waals surface area contributed by atoms with Crippen molar-refractivity contribution < 1.29 is 19.4 Å². The second-order valence-electron chi connectivity index (χ2n) is 4.28. The molecule has 0 amide bonds. The molecule has 0 bridgehead atoms. The van der Waals surface area contributed by atoms with Crippen LogP contribution in [0.3, 0.4) is 0 Å². The number of rotatable bonds is 1. The molecular weight excluding hydrogens is 244 g/mol. The molecule has 0 aliphatic carbocycles. The molecular formula is C15H12O4. The fourth-order valence-corrected chi connectivity index (χ4v) is 2.17. The molecule has 96 valence electrons. The van der Waals surface area contributed by atoms with Crippen molar-refractivity contribution in [2.24, 2.45) is 0 Å². The van der Waals surface area contributed by atoms with Crippen molar-refractivity contribution in [3.8, 4) is 5.75 Å². The zero-order valence-electron chi connectivity index (χ0n) is 10.3. The van der Waals surface area contributed by atoms with Gasteiger partial charge in [0, 0.05) is 10.9 Å². The molecule has 0 spiro atoms. The molecule has 0 saturated heterocycles. The molecule has 1 aliphatic heterocycles. The molecule has 1 N–H and O–H groups in total. The van der Waals surface area contributed by atoms with Gasteiger partial charge in [-0.2, -0.15) is 0 Å². The van der Waals surface area contributed by atoms with Gasteiger partial charge < -0.3 is 14.6 Å². The number of fused-ring (bicyclic) bond motifs is 3. The second kappa shape index (κ2) is 4.40. The van der Waals surface area contributed by atoms with Crippen LogP contribution in [0.25, 0.3) is 16.8 Å². The van der Waals surface area contributed by atoms with E-state index in [0.29, 0.717) is 11.3 Å². The molecule has 0 aromatic heterocycles. The Bertz CT molecular complexity index is 688. The minimum Gasteiger partial charge on any atom is -0.465 e. The summed E-state index contributed by atoms with van der Waals surface area (Å²) in [5, 5.41) is 11.2. The van der Waals surface area contributed by atoms with Gasteiger partial charge in [0.05, 0.1) is 12.7 Å². The average Bonchev–Trinajstić information content (AvgIpc) is 2.45. The Morgan fingerprint density at radius 1 is 1.32 bits per heavy atom. The molecule has 1 atom stereocenters. The highest BCUT2D eigenvalue weighted by molar-refractivity contribution is 5.98. The topological polar surface area (TPSA) is 55.8 Å². The summed E-state index contributed by atoms with van der Waals surface area (Å²) in [6.45, 7) is 0. The number of hydrogen-bond donors (Lipinski definition) is 1. The lowest BCUT2D eigenvalue weighted by atomic mass is 10.0. The number of hydrogen-bond acceptors (Lipinski definition) is 4. The summed E-state index contributed by atoms with van der Waals surface area (Å²) in [5.74, 6) is 0.254. The van der Waals surface area contributed by atoms with Crippen LogP contribution in [-0.2, 0) is 4.74 Å². The highest BCUT2D eigenvalue weighted by atomic mass is 16.6. The smallest absolute Gasteiger partial charge is 0.337 e. The van der Waals surface area contributed by atoms with Gasteiger partial charge in [-0.25, -0.2) is 4.79 Å². The lowest BCUT2D eigenvalue weighted by Crippen LogP contribution is -2.15. The molecule has 4 heteroatoms. The maximum absolute atomic E-state index is 11.5. The first-order valence-electron chi connectivity index (χ1n) is 5.87. The molecule has 19 heavy (non-hydrogen) atoms. The second-order valence-corrected chi connectivity index (χ2v) is 4.28. The van der Waals surface area contributed by atoms with E-state index >= 15 is 0 Å². The Kier molecular flexibility index (Phi) is 2.72. The maximum Gasteiger partial charge on any atom is 0.337 e. The van der Waals surface area contributed by atoms with E-state index in [0.717, 1.165) is 16.3 Å². The van der Waals surface area contributed by atoms with Crippen molar-refractivity contribution in [3.63, 3.8) is 0 Å². The lowest BCUT2D eigenvalue weighted by molar-refractivity contribution is 0.0243. The molecule has 0 fully saturated rings. The first-order chi connectivity index (χ1) is 9.19. The number of methoxy groups -OCH3 is 1. The Morgan fingerprint density at radius 2 is 2.16 bits per heavy atom. The van der Waals surface area contributed by atoms with Crippen LogP contribution in [0.2, 0.25) is 0 Å². The van der Waals surface area contributed by atoms with Crippen molar-refractivity contribution in [2.45, 2.75) is 6.29 Å². The first-order valence-corrected chi connectivity index (χ1v) is 5.87. The quantitative estimate of drug-likeness (QED) is 0.796.